The molecule has 0 aliphatic carbocycles. The number of Topliss-reactive ketones (excluding diaryl/α,β-unsaturated/α-hetero) is 1. The molecule has 0 aromatic carbocycles. The van der Waals surface area contributed by atoms with Crippen LogP contribution in [0.3, 0.4) is 0 Å². The van der Waals surface area contributed by atoms with Gasteiger partial charge in [-0.15, -0.1) is 0 Å². The molecule has 0 saturated carbocycles. The predicted molar refractivity (Wildman–Crippen MR) is 53.0 cm³/mol. The zero-order valence-electron chi connectivity index (χ0n) is 9.08. The van der Waals surface area contributed by atoms with Gasteiger partial charge < -0.3 is 15.2 Å². The van der Waals surface area contributed by atoms with E-state index in [0.29, 0.717) is 13.2 Å². The third kappa shape index (κ3) is 2.32. The lowest BCUT2D eigenvalue weighted by Gasteiger charge is -2.25. The molecule has 1 aliphatic heterocycles. The van der Waals surface area contributed by atoms with Crippen LogP contribution >= 0.6 is 0 Å². The quantitative estimate of drug-likeness (QED) is 0.712. The summed E-state index contributed by atoms with van der Waals surface area (Å²) < 4.78 is 10.5. The first-order valence-electron chi connectivity index (χ1n) is 4.95. The van der Waals surface area contributed by atoms with Gasteiger partial charge in [-0.05, 0) is 20.8 Å². The second-order valence-corrected chi connectivity index (χ2v) is 4.32. The fourth-order valence-electron chi connectivity index (χ4n) is 1.38. The zero-order valence-corrected chi connectivity index (χ0v) is 9.08. The third-order valence-corrected chi connectivity index (χ3v) is 2.70. The van der Waals surface area contributed by atoms with Crippen LogP contribution < -0.4 is 5.73 Å². The lowest BCUT2D eigenvalue weighted by atomic mass is 9.82. The van der Waals surface area contributed by atoms with Crippen LogP contribution in [-0.2, 0) is 14.3 Å². The predicted octanol–water partition coefficient (Wildman–Crippen LogP) is 0.344. The Bertz CT molecular complexity index is 217. The Balaban J connectivity index is 2.50. The first-order valence-corrected chi connectivity index (χ1v) is 4.95. The van der Waals surface area contributed by atoms with Crippen LogP contribution in [0.4, 0.5) is 0 Å². The van der Waals surface area contributed by atoms with E-state index in [1.807, 2.05) is 20.8 Å². The van der Waals surface area contributed by atoms with Gasteiger partial charge in [-0.1, -0.05) is 0 Å². The lowest BCUT2D eigenvalue weighted by Crippen LogP contribution is -2.46. The molecule has 14 heavy (non-hydrogen) atoms. The highest BCUT2D eigenvalue weighted by molar-refractivity contribution is 5.86. The van der Waals surface area contributed by atoms with Crippen molar-refractivity contribution < 1.29 is 14.3 Å². The average Bonchev–Trinajstić information content (AvgIpc) is 2.44. The number of ketones is 1. The number of ether oxygens (including phenoxy) is 2. The standard InChI is InChI=1S/C10H19NO3/c1-7(2)14-5-9(12)10(3)6-13-4-8(10)11/h7-8H,4-6,11H2,1-3H3. The fraction of sp³-hybridized carbons (Fsp3) is 0.900. The largest absolute Gasteiger partial charge is 0.379 e. The Labute approximate surface area is 84.7 Å². The molecule has 2 N–H and O–H groups in total. The first-order chi connectivity index (χ1) is 6.47. The Morgan fingerprint density at radius 2 is 2.36 bits per heavy atom. The van der Waals surface area contributed by atoms with Gasteiger partial charge in [0.05, 0.1) is 24.7 Å². The highest BCUT2D eigenvalue weighted by atomic mass is 16.5. The van der Waals surface area contributed by atoms with Gasteiger partial charge in [0.1, 0.15) is 6.61 Å². The van der Waals surface area contributed by atoms with E-state index in [1.54, 1.807) is 0 Å². The first kappa shape index (κ1) is 11.6. The van der Waals surface area contributed by atoms with Crippen LogP contribution in [0.1, 0.15) is 20.8 Å². The number of rotatable bonds is 4. The molecule has 4 heteroatoms. The summed E-state index contributed by atoms with van der Waals surface area (Å²) in [5, 5.41) is 0. The zero-order chi connectivity index (χ0) is 10.8. The van der Waals surface area contributed by atoms with Crippen molar-refractivity contribution in [1.82, 2.24) is 0 Å². The Kier molecular flexibility index (Phi) is 3.64. The molecular formula is C10H19NO3. The number of nitrogens with two attached hydrogens (primary N) is 1. The summed E-state index contributed by atoms with van der Waals surface area (Å²) >= 11 is 0. The third-order valence-electron chi connectivity index (χ3n) is 2.70. The Morgan fingerprint density at radius 3 is 2.79 bits per heavy atom. The van der Waals surface area contributed by atoms with Crippen molar-refractivity contribution >= 4 is 5.78 Å². The molecule has 4 nitrogen and oxygen atoms in total. The topological polar surface area (TPSA) is 61.5 Å². The molecule has 0 radical (unpaired) electrons. The van der Waals surface area contributed by atoms with Gasteiger partial charge in [0, 0.05) is 6.04 Å². The summed E-state index contributed by atoms with van der Waals surface area (Å²) in [5.41, 5.74) is 5.26. The fourth-order valence-corrected chi connectivity index (χ4v) is 1.38. The van der Waals surface area contributed by atoms with E-state index in [9.17, 15) is 4.79 Å². The molecule has 0 aromatic rings. The molecule has 1 fully saturated rings. The molecule has 1 saturated heterocycles. The summed E-state index contributed by atoms with van der Waals surface area (Å²) in [6.07, 6.45) is 0.0705. The number of hydrogen-bond acceptors (Lipinski definition) is 4. The SMILES string of the molecule is CC(C)OCC(=O)C1(C)COCC1N. The van der Waals surface area contributed by atoms with Crippen molar-refractivity contribution in [2.45, 2.75) is 32.9 Å². The summed E-state index contributed by atoms with van der Waals surface area (Å²) in [7, 11) is 0. The molecule has 0 aromatic heterocycles. The minimum absolute atomic E-state index is 0.0381. The van der Waals surface area contributed by atoms with Gasteiger partial charge in [-0.25, -0.2) is 0 Å². The monoisotopic (exact) mass is 201 g/mol. The van der Waals surface area contributed by atoms with E-state index in [0.717, 1.165) is 0 Å². The van der Waals surface area contributed by atoms with Crippen molar-refractivity contribution in [3.8, 4) is 0 Å². The van der Waals surface area contributed by atoms with Gasteiger partial charge in [0.15, 0.2) is 5.78 Å². The van der Waals surface area contributed by atoms with Gasteiger partial charge >= 0.3 is 0 Å². The number of hydrogen-bond donors (Lipinski definition) is 1. The molecule has 82 valence electrons. The molecule has 1 heterocycles. The molecule has 0 bridgehead atoms. The van der Waals surface area contributed by atoms with Crippen molar-refractivity contribution in [1.29, 1.82) is 0 Å². The van der Waals surface area contributed by atoms with E-state index < -0.39 is 5.41 Å². The highest BCUT2D eigenvalue weighted by Crippen LogP contribution is 2.28. The van der Waals surface area contributed by atoms with Crippen LogP contribution in [0.25, 0.3) is 0 Å². The van der Waals surface area contributed by atoms with Gasteiger partial charge in [-0.2, -0.15) is 0 Å². The van der Waals surface area contributed by atoms with Crippen LogP contribution in [0.2, 0.25) is 0 Å². The van der Waals surface area contributed by atoms with Crippen molar-refractivity contribution in [3.05, 3.63) is 0 Å². The highest BCUT2D eigenvalue weighted by Gasteiger charge is 2.43. The van der Waals surface area contributed by atoms with Crippen LogP contribution in [0.5, 0.6) is 0 Å². The van der Waals surface area contributed by atoms with Crippen molar-refractivity contribution in [2.75, 3.05) is 19.8 Å². The van der Waals surface area contributed by atoms with E-state index in [4.69, 9.17) is 15.2 Å². The van der Waals surface area contributed by atoms with Crippen molar-refractivity contribution in [3.63, 3.8) is 0 Å². The summed E-state index contributed by atoms with van der Waals surface area (Å²) in [4.78, 5) is 11.8. The summed E-state index contributed by atoms with van der Waals surface area (Å²) in [6.45, 7) is 6.65. The maximum Gasteiger partial charge on any atom is 0.168 e. The summed E-state index contributed by atoms with van der Waals surface area (Å²) in [6, 6.07) is -0.203. The summed E-state index contributed by atoms with van der Waals surface area (Å²) in [5.74, 6) is 0.0381. The van der Waals surface area contributed by atoms with Crippen LogP contribution in [0, 0.1) is 5.41 Å². The van der Waals surface area contributed by atoms with Gasteiger partial charge in [0.25, 0.3) is 0 Å². The number of carbonyl (C=O) groups is 1. The maximum absolute atomic E-state index is 11.8. The van der Waals surface area contributed by atoms with Gasteiger partial charge in [0.2, 0.25) is 0 Å². The second-order valence-electron chi connectivity index (χ2n) is 4.32. The minimum atomic E-state index is -0.561. The van der Waals surface area contributed by atoms with E-state index in [1.165, 1.54) is 0 Å². The Morgan fingerprint density at radius 1 is 1.71 bits per heavy atom. The average molecular weight is 201 g/mol. The van der Waals surface area contributed by atoms with E-state index >= 15 is 0 Å². The normalized spacial score (nSPS) is 32.5. The molecule has 0 spiro atoms. The van der Waals surface area contributed by atoms with Gasteiger partial charge in [-0.3, -0.25) is 4.79 Å². The molecule has 2 atom stereocenters. The smallest absolute Gasteiger partial charge is 0.168 e. The number of carbonyl (C=O) groups excluding carboxylic acids is 1. The molecule has 2 unspecified atom stereocenters. The molecule has 0 amide bonds. The maximum atomic E-state index is 11.8. The van der Waals surface area contributed by atoms with E-state index in [-0.39, 0.29) is 24.5 Å². The van der Waals surface area contributed by atoms with Crippen LogP contribution in [0.15, 0.2) is 0 Å². The minimum Gasteiger partial charge on any atom is -0.379 e. The molecule has 1 aliphatic rings. The lowest BCUT2D eigenvalue weighted by molar-refractivity contribution is -0.134. The molecular weight excluding hydrogens is 182 g/mol. The Hall–Kier alpha value is -0.450. The van der Waals surface area contributed by atoms with Crippen LogP contribution in [-0.4, -0.2) is 37.7 Å². The van der Waals surface area contributed by atoms with E-state index in [2.05, 4.69) is 0 Å². The van der Waals surface area contributed by atoms with Crippen molar-refractivity contribution in [2.24, 2.45) is 11.1 Å². The molecule has 1 rings (SSSR count). The second kappa shape index (κ2) is 4.38.